The molecule has 2 atom stereocenters. The molecule has 32 heavy (non-hydrogen) atoms. The van der Waals surface area contributed by atoms with E-state index in [1.165, 1.54) is 0 Å². The van der Waals surface area contributed by atoms with Gasteiger partial charge in [0, 0.05) is 26.1 Å². The van der Waals surface area contributed by atoms with Gasteiger partial charge in [0.1, 0.15) is 11.9 Å². The maximum absolute atomic E-state index is 12.5. The highest BCUT2D eigenvalue weighted by molar-refractivity contribution is 5.85. The van der Waals surface area contributed by atoms with E-state index < -0.39 is 0 Å². The molecule has 0 spiro atoms. The Morgan fingerprint density at radius 2 is 1.75 bits per heavy atom. The molecular weight excluding hydrogens is 434 g/mol. The monoisotopic (exact) mass is 461 g/mol. The maximum atomic E-state index is 12.5. The summed E-state index contributed by atoms with van der Waals surface area (Å²) in [6.07, 6.45) is 0.743. The minimum atomic E-state index is -0.232. The molecule has 0 aliphatic carbocycles. The summed E-state index contributed by atoms with van der Waals surface area (Å²) in [4.78, 5) is 24.8. The Labute approximate surface area is 193 Å². The normalized spacial score (nSPS) is 21.3. The van der Waals surface area contributed by atoms with Crippen molar-refractivity contribution < 1.29 is 23.8 Å². The minimum Gasteiger partial charge on any atom is -0.493 e. The first kappa shape index (κ1) is 23.7. The Balaban J connectivity index is 0.00000289. The van der Waals surface area contributed by atoms with E-state index in [0.717, 1.165) is 16.9 Å². The van der Waals surface area contributed by atoms with Crippen LogP contribution in [-0.2, 0) is 22.6 Å². The van der Waals surface area contributed by atoms with E-state index in [0.29, 0.717) is 44.0 Å². The molecule has 0 unspecified atom stereocenters. The molecule has 0 radical (unpaired) electrons. The quantitative estimate of drug-likeness (QED) is 0.596. The van der Waals surface area contributed by atoms with E-state index >= 15 is 0 Å². The molecule has 0 saturated carbocycles. The first-order valence-corrected chi connectivity index (χ1v) is 10.4. The highest BCUT2D eigenvalue weighted by Gasteiger charge is 2.30. The Morgan fingerprint density at radius 1 is 0.969 bits per heavy atom. The molecule has 3 aliphatic heterocycles. The number of benzene rings is 2. The van der Waals surface area contributed by atoms with Gasteiger partial charge in [-0.2, -0.15) is 0 Å². The van der Waals surface area contributed by atoms with Crippen LogP contribution < -0.4 is 30.2 Å². The van der Waals surface area contributed by atoms with Gasteiger partial charge in [-0.05, 0) is 41.8 Å². The number of fused-ring (bicyclic) bond motifs is 9. The number of amides is 2. The summed E-state index contributed by atoms with van der Waals surface area (Å²) < 4.78 is 17.1. The lowest BCUT2D eigenvalue weighted by Gasteiger charge is -2.21. The van der Waals surface area contributed by atoms with Crippen molar-refractivity contribution in [2.75, 3.05) is 26.8 Å². The first-order chi connectivity index (χ1) is 15.1. The molecule has 4 bridgehead atoms. The van der Waals surface area contributed by atoms with Gasteiger partial charge in [0.15, 0.2) is 18.1 Å². The molecule has 2 aromatic rings. The van der Waals surface area contributed by atoms with Crippen LogP contribution in [0, 0.1) is 0 Å². The molecule has 3 N–H and O–H groups in total. The zero-order chi connectivity index (χ0) is 21.6. The minimum absolute atomic E-state index is 0. The van der Waals surface area contributed by atoms with Crippen molar-refractivity contribution >= 4 is 24.2 Å². The standard InChI is InChI=1S/C23H27N3O5.ClH/c1-29-19-8-4-15-5-9-22(27)26-18-12-24-13-21(18)31-17-6-2-16(3-7-17)11-25-23(28)14-30-20(19)10-15;/h2-4,6-8,10,18,21,24H,5,9,11-14H2,1H3,(H,25,28)(H,26,27);1H/t18-,21-;/m0./s1. The zero-order valence-corrected chi connectivity index (χ0v) is 18.7. The van der Waals surface area contributed by atoms with Crippen LogP contribution in [0.25, 0.3) is 0 Å². The van der Waals surface area contributed by atoms with E-state index in [1.807, 2.05) is 36.4 Å². The summed E-state index contributed by atoms with van der Waals surface area (Å²) in [5.41, 5.74) is 1.88. The lowest BCUT2D eigenvalue weighted by atomic mass is 10.1. The van der Waals surface area contributed by atoms with E-state index in [9.17, 15) is 9.59 Å². The molecule has 0 aromatic heterocycles. The van der Waals surface area contributed by atoms with Crippen LogP contribution in [-0.4, -0.2) is 50.8 Å². The fourth-order valence-corrected chi connectivity index (χ4v) is 3.70. The highest BCUT2D eigenvalue weighted by Crippen LogP contribution is 2.28. The summed E-state index contributed by atoms with van der Waals surface area (Å²) in [5.74, 6) is 1.48. The number of rotatable bonds is 1. The second-order valence-corrected chi connectivity index (χ2v) is 7.68. The van der Waals surface area contributed by atoms with Crippen molar-refractivity contribution in [3.63, 3.8) is 0 Å². The molecule has 2 aromatic carbocycles. The van der Waals surface area contributed by atoms with Gasteiger partial charge in [0.2, 0.25) is 5.91 Å². The van der Waals surface area contributed by atoms with Crippen LogP contribution in [0.1, 0.15) is 17.5 Å². The molecule has 2 amide bonds. The van der Waals surface area contributed by atoms with E-state index in [1.54, 1.807) is 13.2 Å². The van der Waals surface area contributed by atoms with Gasteiger partial charge in [0.25, 0.3) is 5.91 Å². The fraction of sp³-hybridized carbons (Fsp3) is 0.391. The highest BCUT2D eigenvalue weighted by atomic mass is 35.5. The lowest BCUT2D eigenvalue weighted by Crippen LogP contribution is -2.45. The Hall–Kier alpha value is -2.97. The number of nitrogens with one attached hydrogen (secondary N) is 3. The molecule has 3 aliphatic rings. The van der Waals surface area contributed by atoms with Crippen molar-refractivity contribution in [3.8, 4) is 17.2 Å². The molecule has 172 valence electrons. The van der Waals surface area contributed by atoms with Gasteiger partial charge in [-0.3, -0.25) is 9.59 Å². The number of aryl methyl sites for hydroxylation is 1. The summed E-state index contributed by atoms with van der Waals surface area (Å²) in [6, 6.07) is 13.0. The number of carbonyl (C=O) groups is 2. The van der Waals surface area contributed by atoms with Crippen molar-refractivity contribution in [2.24, 2.45) is 0 Å². The maximum Gasteiger partial charge on any atom is 0.258 e. The van der Waals surface area contributed by atoms with E-state index in [4.69, 9.17) is 14.2 Å². The molecule has 3 heterocycles. The summed E-state index contributed by atoms with van der Waals surface area (Å²) in [6.45, 7) is 1.60. The van der Waals surface area contributed by atoms with Crippen molar-refractivity contribution in [1.82, 2.24) is 16.0 Å². The summed E-state index contributed by atoms with van der Waals surface area (Å²) in [5, 5.41) is 9.21. The van der Waals surface area contributed by atoms with Gasteiger partial charge in [-0.1, -0.05) is 18.2 Å². The number of hydrogen-bond donors (Lipinski definition) is 3. The van der Waals surface area contributed by atoms with Gasteiger partial charge in [0.05, 0.1) is 13.2 Å². The van der Waals surface area contributed by atoms with E-state index in [-0.39, 0.29) is 43.0 Å². The number of halogens is 1. The Morgan fingerprint density at radius 3 is 2.53 bits per heavy atom. The molecule has 5 rings (SSSR count). The summed E-state index contributed by atoms with van der Waals surface area (Å²) in [7, 11) is 1.55. The van der Waals surface area contributed by atoms with Crippen LogP contribution >= 0.6 is 12.4 Å². The molecule has 9 heteroatoms. The fourth-order valence-electron chi connectivity index (χ4n) is 3.70. The topological polar surface area (TPSA) is 97.9 Å². The van der Waals surface area contributed by atoms with Gasteiger partial charge >= 0.3 is 0 Å². The SMILES string of the molecule is COc1ccc2cc1OCC(=O)NCc1ccc(cc1)O[C@H]1CNC[C@@H]1NC(=O)CC2.Cl. The van der Waals surface area contributed by atoms with E-state index in [2.05, 4.69) is 16.0 Å². The second kappa shape index (κ2) is 11.1. The average Bonchev–Trinajstić information content (AvgIpc) is 3.21. The summed E-state index contributed by atoms with van der Waals surface area (Å²) >= 11 is 0. The van der Waals surface area contributed by atoms with Crippen molar-refractivity contribution in [2.45, 2.75) is 31.5 Å². The van der Waals surface area contributed by atoms with Crippen LogP contribution in [0.2, 0.25) is 0 Å². The van der Waals surface area contributed by atoms with Gasteiger partial charge < -0.3 is 30.2 Å². The lowest BCUT2D eigenvalue weighted by molar-refractivity contribution is -0.123. The number of methoxy groups -OCH3 is 1. The third-order valence-electron chi connectivity index (χ3n) is 5.43. The Bertz CT molecular complexity index is 938. The third-order valence-corrected chi connectivity index (χ3v) is 5.43. The van der Waals surface area contributed by atoms with Crippen molar-refractivity contribution in [1.29, 1.82) is 0 Å². The number of hydrogen-bond acceptors (Lipinski definition) is 6. The largest absolute Gasteiger partial charge is 0.493 e. The predicted octanol–water partition coefficient (Wildman–Crippen LogP) is 1.59. The average molecular weight is 462 g/mol. The first-order valence-electron chi connectivity index (χ1n) is 10.4. The van der Waals surface area contributed by atoms with Crippen molar-refractivity contribution in [3.05, 3.63) is 53.6 Å². The van der Waals surface area contributed by atoms with Crippen LogP contribution in [0.3, 0.4) is 0 Å². The zero-order valence-electron chi connectivity index (χ0n) is 17.9. The molecule has 1 fully saturated rings. The second-order valence-electron chi connectivity index (χ2n) is 7.68. The molecule has 1 saturated heterocycles. The number of ether oxygens (including phenoxy) is 3. The van der Waals surface area contributed by atoms with Crippen LogP contribution in [0.15, 0.2) is 42.5 Å². The predicted molar refractivity (Wildman–Crippen MR) is 122 cm³/mol. The molecule has 8 nitrogen and oxygen atoms in total. The molecular formula is C23H28ClN3O5. The van der Waals surface area contributed by atoms with Gasteiger partial charge in [-0.25, -0.2) is 0 Å². The van der Waals surface area contributed by atoms with Crippen LogP contribution in [0.5, 0.6) is 17.2 Å². The number of carbonyl (C=O) groups excluding carboxylic acids is 2. The third kappa shape index (κ3) is 6.05. The smallest absolute Gasteiger partial charge is 0.258 e. The van der Waals surface area contributed by atoms with Gasteiger partial charge in [-0.15, -0.1) is 12.4 Å². The Kier molecular flexibility index (Phi) is 8.19. The van der Waals surface area contributed by atoms with Crippen LogP contribution in [0.4, 0.5) is 0 Å².